The molecule has 0 saturated carbocycles. The van der Waals surface area contributed by atoms with E-state index in [0.29, 0.717) is 32.6 Å². The van der Waals surface area contributed by atoms with Crippen LogP contribution in [0.1, 0.15) is 56.7 Å². The number of rotatable bonds is 17. The Bertz CT molecular complexity index is 1110. The summed E-state index contributed by atoms with van der Waals surface area (Å²) in [5, 5.41) is 9.48. The van der Waals surface area contributed by atoms with E-state index in [1.807, 2.05) is 87.5 Å². The molecule has 0 aromatic heterocycles. The first-order valence-corrected chi connectivity index (χ1v) is 14.9. The number of carbonyl (C=O) groups is 2. The number of hydrogen-bond acceptors (Lipinski definition) is 5. The second kappa shape index (κ2) is 21.2. The Morgan fingerprint density at radius 3 is 1.83 bits per heavy atom. The van der Waals surface area contributed by atoms with Crippen molar-refractivity contribution >= 4 is 11.8 Å². The largest absolute Gasteiger partial charge is 0.385 e. The van der Waals surface area contributed by atoms with E-state index in [-0.39, 0.29) is 23.8 Å². The molecule has 3 aromatic carbocycles. The third-order valence-corrected chi connectivity index (χ3v) is 6.69. The summed E-state index contributed by atoms with van der Waals surface area (Å²) in [6.45, 7) is 8.96. The van der Waals surface area contributed by atoms with E-state index in [2.05, 4.69) is 45.0 Å². The Labute approximate surface area is 252 Å². The van der Waals surface area contributed by atoms with E-state index < -0.39 is 6.04 Å². The zero-order valence-corrected chi connectivity index (χ0v) is 25.7. The minimum atomic E-state index is -0.563. The fourth-order valence-corrected chi connectivity index (χ4v) is 4.18. The van der Waals surface area contributed by atoms with Crippen molar-refractivity contribution in [2.75, 3.05) is 20.3 Å². The topological polar surface area (TPSA) is 88.7 Å². The molecule has 2 atom stereocenters. The zero-order valence-electron chi connectivity index (χ0n) is 25.7. The summed E-state index contributed by atoms with van der Waals surface area (Å²) in [7, 11) is 1.68. The molecular weight excluding hydrogens is 526 g/mol. The molecular formula is C35H49N3O4. The quantitative estimate of drug-likeness (QED) is 0.194. The van der Waals surface area contributed by atoms with Crippen molar-refractivity contribution in [2.45, 2.75) is 71.8 Å². The number of methoxy groups -OCH3 is 1. The highest BCUT2D eigenvalue weighted by Gasteiger charge is 2.24. The van der Waals surface area contributed by atoms with Gasteiger partial charge in [-0.3, -0.25) is 9.59 Å². The monoisotopic (exact) mass is 575 g/mol. The lowest BCUT2D eigenvalue weighted by molar-refractivity contribution is -0.130. The molecule has 0 aliphatic carbocycles. The summed E-state index contributed by atoms with van der Waals surface area (Å²) in [6.07, 6.45) is 1.85. The second-order valence-electron chi connectivity index (χ2n) is 10.5. The van der Waals surface area contributed by atoms with Crippen LogP contribution in [0.4, 0.5) is 0 Å². The lowest BCUT2D eigenvalue weighted by atomic mass is 10.0. The molecule has 3 rings (SSSR count). The van der Waals surface area contributed by atoms with Crippen molar-refractivity contribution < 1.29 is 19.1 Å². The van der Waals surface area contributed by atoms with Gasteiger partial charge in [-0.05, 0) is 42.4 Å². The molecule has 0 spiro atoms. The van der Waals surface area contributed by atoms with Gasteiger partial charge >= 0.3 is 0 Å². The van der Waals surface area contributed by atoms with Crippen LogP contribution in [0.5, 0.6) is 0 Å². The second-order valence-corrected chi connectivity index (χ2v) is 10.5. The predicted molar refractivity (Wildman–Crippen MR) is 170 cm³/mol. The molecule has 0 radical (unpaired) electrons. The molecule has 0 saturated heterocycles. The van der Waals surface area contributed by atoms with Gasteiger partial charge in [0.15, 0.2) is 0 Å². The van der Waals surface area contributed by atoms with Crippen LogP contribution in [0, 0.1) is 5.92 Å². The fraction of sp³-hybridized carbons (Fsp3) is 0.429. The third kappa shape index (κ3) is 14.9. The number of benzene rings is 3. The summed E-state index contributed by atoms with van der Waals surface area (Å²) < 4.78 is 10.5. The van der Waals surface area contributed by atoms with Gasteiger partial charge in [0.25, 0.3) is 0 Å². The van der Waals surface area contributed by atoms with Gasteiger partial charge in [0.05, 0.1) is 13.2 Å². The van der Waals surface area contributed by atoms with Gasteiger partial charge < -0.3 is 25.4 Å². The Balaban J connectivity index is 0.00000144. The number of nitrogens with one attached hydrogen (secondary N) is 3. The SMILES string of the molecule is CC(C)C(NC(=O)CCC[C@H](COCc1ccccc1)NCc1ccccc1)C(=O)NCc1ccccc1.CCOC. The van der Waals surface area contributed by atoms with Crippen LogP contribution < -0.4 is 16.0 Å². The molecule has 228 valence electrons. The van der Waals surface area contributed by atoms with Gasteiger partial charge in [-0.2, -0.15) is 0 Å². The number of hydrogen-bond donors (Lipinski definition) is 3. The zero-order chi connectivity index (χ0) is 30.4. The summed E-state index contributed by atoms with van der Waals surface area (Å²) in [5.74, 6) is -0.277. The summed E-state index contributed by atoms with van der Waals surface area (Å²) in [4.78, 5) is 25.5. The van der Waals surface area contributed by atoms with Crippen LogP contribution >= 0.6 is 0 Å². The van der Waals surface area contributed by atoms with Crippen molar-refractivity contribution in [1.82, 2.24) is 16.0 Å². The van der Waals surface area contributed by atoms with Crippen LogP contribution in [-0.2, 0) is 38.8 Å². The number of ether oxygens (including phenoxy) is 2. The molecule has 7 nitrogen and oxygen atoms in total. The standard InChI is InChI=1S/C32H41N3O3.C3H8O/c1-25(2)31(32(37)34-22-27-15-8-4-9-16-27)35-30(36)20-12-19-29(33-21-26-13-6-3-7-14-26)24-38-23-28-17-10-5-11-18-28;1-3-4-2/h3-11,13-18,25,29,31,33H,12,19-24H2,1-2H3,(H,34,37)(H,35,36);3H2,1-2H3/t29-,31?;/m1./s1. The number of amides is 2. The maximum atomic E-state index is 12.8. The number of carbonyl (C=O) groups excluding carboxylic acids is 2. The van der Waals surface area contributed by atoms with Crippen LogP contribution in [0.3, 0.4) is 0 Å². The lowest BCUT2D eigenvalue weighted by Crippen LogP contribution is -2.49. The molecule has 0 aliphatic rings. The van der Waals surface area contributed by atoms with Crippen molar-refractivity contribution in [1.29, 1.82) is 0 Å². The smallest absolute Gasteiger partial charge is 0.243 e. The predicted octanol–water partition coefficient (Wildman–Crippen LogP) is 5.64. The van der Waals surface area contributed by atoms with Gasteiger partial charge in [-0.25, -0.2) is 0 Å². The Morgan fingerprint density at radius 1 is 0.786 bits per heavy atom. The molecule has 0 bridgehead atoms. The highest BCUT2D eigenvalue weighted by Crippen LogP contribution is 2.09. The maximum Gasteiger partial charge on any atom is 0.243 e. The van der Waals surface area contributed by atoms with Crippen molar-refractivity contribution in [3.05, 3.63) is 108 Å². The van der Waals surface area contributed by atoms with Gasteiger partial charge in [-0.15, -0.1) is 0 Å². The molecule has 0 heterocycles. The van der Waals surface area contributed by atoms with E-state index in [9.17, 15) is 9.59 Å². The van der Waals surface area contributed by atoms with Crippen molar-refractivity contribution in [3.63, 3.8) is 0 Å². The van der Waals surface area contributed by atoms with E-state index in [1.54, 1.807) is 7.11 Å². The van der Waals surface area contributed by atoms with Crippen LogP contribution in [-0.4, -0.2) is 44.2 Å². The van der Waals surface area contributed by atoms with E-state index >= 15 is 0 Å². The van der Waals surface area contributed by atoms with E-state index in [4.69, 9.17) is 4.74 Å². The normalized spacial score (nSPS) is 12.1. The first-order chi connectivity index (χ1) is 20.4. The van der Waals surface area contributed by atoms with Crippen LogP contribution in [0.25, 0.3) is 0 Å². The van der Waals surface area contributed by atoms with Crippen molar-refractivity contribution in [2.24, 2.45) is 5.92 Å². The molecule has 0 fully saturated rings. The minimum absolute atomic E-state index is 0.0126. The van der Waals surface area contributed by atoms with Crippen LogP contribution in [0.2, 0.25) is 0 Å². The Morgan fingerprint density at radius 2 is 1.31 bits per heavy atom. The minimum Gasteiger partial charge on any atom is -0.385 e. The van der Waals surface area contributed by atoms with Gasteiger partial charge in [0.1, 0.15) is 6.04 Å². The molecule has 42 heavy (non-hydrogen) atoms. The summed E-state index contributed by atoms with van der Waals surface area (Å²) >= 11 is 0. The average Bonchev–Trinajstić information content (AvgIpc) is 3.02. The van der Waals surface area contributed by atoms with E-state index in [1.165, 1.54) is 5.56 Å². The molecule has 1 unspecified atom stereocenters. The van der Waals surface area contributed by atoms with Gasteiger partial charge in [0.2, 0.25) is 11.8 Å². The van der Waals surface area contributed by atoms with E-state index in [0.717, 1.165) is 30.7 Å². The van der Waals surface area contributed by atoms with Crippen LogP contribution in [0.15, 0.2) is 91.0 Å². The summed E-state index contributed by atoms with van der Waals surface area (Å²) in [6, 6.07) is 29.7. The highest BCUT2D eigenvalue weighted by molar-refractivity contribution is 5.87. The lowest BCUT2D eigenvalue weighted by Gasteiger charge is -2.22. The molecule has 0 aliphatic heterocycles. The average molecular weight is 576 g/mol. The Kier molecular flexibility index (Phi) is 17.5. The fourth-order valence-electron chi connectivity index (χ4n) is 4.18. The molecule has 3 N–H and O–H groups in total. The van der Waals surface area contributed by atoms with Gasteiger partial charge in [-0.1, -0.05) is 105 Å². The Hall–Kier alpha value is -3.52. The van der Waals surface area contributed by atoms with Gasteiger partial charge in [0, 0.05) is 39.3 Å². The maximum absolute atomic E-state index is 12.8. The highest BCUT2D eigenvalue weighted by atomic mass is 16.5. The van der Waals surface area contributed by atoms with Crippen molar-refractivity contribution in [3.8, 4) is 0 Å². The first-order valence-electron chi connectivity index (χ1n) is 14.9. The molecule has 2 amide bonds. The summed E-state index contributed by atoms with van der Waals surface area (Å²) in [5.41, 5.74) is 3.37. The molecule has 7 heteroatoms. The third-order valence-electron chi connectivity index (χ3n) is 6.69. The molecule has 3 aromatic rings. The first kappa shape index (κ1) is 34.7.